The molecule has 3 rings (SSSR count). The van der Waals surface area contributed by atoms with Crippen molar-refractivity contribution in [1.29, 1.82) is 0 Å². The van der Waals surface area contributed by atoms with Crippen molar-refractivity contribution in [1.82, 2.24) is 4.90 Å². The number of benzene rings is 1. The Bertz CT molecular complexity index is 592. The summed E-state index contributed by atoms with van der Waals surface area (Å²) in [4.78, 5) is 25.7. The molecule has 0 saturated carbocycles. The van der Waals surface area contributed by atoms with Crippen LogP contribution in [0.4, 0.5) is 0 Å². The molecule has 20 heavy (non-hydrogen) atoms. The van der Waals surface area contributed by atoms with E-state index in [4.69, 9.17) is 11.6 Å². The lowest BCUT2D eigenvalue weighted by Crippen LogP contribution is -2.38. The Labute approximate surface area is 129 Å². The van der Waals surface area contributed by atoms with Gasteiger partial charge in [0.1, 0.15) is 0 Å². The topological polar surface area (TPSA) is 57.6 Å². The number of amides is 1. The zero-order valence-corrected chi connectivity index (χ0v) is 12.9. The first kappa shape index (κ1) is 13.9. The summed E-state index contributed by atoms with van der Waals surface area (Å²) in [6.45, 7) is 0. The zero-order chi connectivity index (χ0) is 14.4. The molecular weight excluding hydrogens is 346 g/mol. The van der Waals surface area contributed by atoms with Crippen LogP contribution in [-0.2, 0) is 4.79 Å². The minimum atomic E-state index is -0.810. The maximum absolute atomic E-state index is 12.7. The average molecular weight is 359 g/mol. The molecule has 3 atom stereocenters. The van der Waals surface area contributed by atoms with Crippen LogP contribution < -0.4 is 0 Å². The molecule has 0 aliphatic carbocycles. The Kier molecular flexibility index (Phi) is 3.50. The number of hydrogen-bond donors (Lipinski definition) is 1. The second-order valence-corrected chi connectivity index (χ2v) is 6.53. The van der Waals surface area contributed by atoms with Crippen molar-refractivity contribution in [2.45, 2.75) is 31.3 Å². The van der Waals surface area contributed by atoms with E-state index < -0.39 is 11.9 Å². The minimum Gasteiger partial charge on any atom is -0.481 e. The molecule has 0 radical (unpaired) electrons. The summed E-state index contributed by atoms with van der Waals surface area (Å²) in [5.74, 6) is -1.41. The quantitative estimate of drug-likeness (QED) is 0.883. The van der Waals surface area contributed by atoms with Crippen molar-refractivity contribution in [2.24, 2.45) is 5.92 Å². The Morgan fingerprint density at radius 2 is 2.10 bits per heavy atom. The highest BCUT2D eigenvalue weighted by Crippen LogP contribution is 2.43. The van der Waals surface area contributed by atoms with Crippen molar-refractivity contribution in [3.05, 3.63) is 33.3 Å². The monoisotopic (exact) mass is 357 g/mol. The summed E-state index contributed by atoms with van der Waals surface area (Å²) in [5, 5.41) is 9.62. The number of nitrogens with zero attached hydrogens (tertiary/aromatic N) is 1. The van der Waals surface area contributed by atoms with Gasteiger partial charge >= 0.3 is 5.97 Å². The highest BCUT2D eigenvalue weighted by atomic mass is 79.9. The standard InChI is InChI=1S/C14H13BrClNO3/c15-10-3-1-2-8(12(10)16)13(18)17-7-4-5-11(17)9(6-7)14(19)20/h1-3,7,9,11H,4-6H2,(H,19,20). The number of fused-ring (bicyclic) bond motifs is 2. The smallest absolute Gasteiger partial charge is 0.308 e. The van der Waals surface area contributed by atoms with Gasteiger partial charge in [-0.2, -0.15) is 0 Å². The van der Waals surface area contributed by atoms with Gasteiger partial charge in [-0.05, 0) is 47.3 Å². The van der Waals surface area contributed by atoms with Crippen LogP contribution in [-0.4, -0.2) is 34.0 Å². The molecule has 2 aliphatic heterocycles. The fourth-order valence-electron chi connectivity index (χ4n) is 3.38. The minimum absolute atomic E-state index is 0.0312. The molecule has 1 aromatic carbocycles. The molecule has 1 aromatic rings. The van der Waals surface area contributed by atoms with Crippen molar-refractivity contribution >= 4 is 39.4 Å². The molecule has 0 spiro atoms. The summed E-state index contributed by atoms with van der Waals surface area (Å²) in [6.07, 6.45) is 2.20. The number of hydrogen-bond acceptors (Lipinski definition) is 2. The SMILES string of the molecule is O=C(O)C1CC2CCC1N2C(=O)c1cccc(Br)c1Cl. The lowest BCUT2D eigenvalue weighted by atomic mass is 9.89. The van der Waals surface area contributed by atoms with Crippen LogP contribution in [0.15, 0.2) is 22.7 Å². The van der Waals surface area contributed by atoms with Crippen LogP contribution in [0.2, 0.25) is 5.02 Å². The van der Waals surface area contributed by atoms with Crippen LogP contribution >= 0.6 is 27.5 Å². The molecule has 2 fully saturated rings. The highest BCUT2D eigenvalue weighted by molar-refractivity contribution is 9.10. The van der Waals surface area contributed by atoms with E-state index in [0.29, 0.717) is 21.5 Å². The molecular formula is C14H13BrClNO3. The van der Waals surface area contributed by atoms with Gasteiger partial charge in [-0.1, -0.05) is 17.7 Å². The van der Waals surface area contributed by atoms with Gasteiger partial charge < -0.3 is 10.0 Å². The van der Waals surface area contributed by atoms with E-state index in [1.54, 1.807) is 23.1 Å². The Morgan fingerprint density at radius 1 is 1.35 bits per heavy atom. The van der Waals surface area contributed by atoms with E-state index in [2.05, 4.69) is 15.9 Å². The molecule has 1 N–H and O–H groups in total. The third-order valence-corrected chi connectivity index (χ3v) is 5.57. The fourth-order valence-corrected chi connectivity index (χ4v) is 3.95. The average Bonchev–Trinajstić information content (AvgIpc) is 2.98. The van der Waals surface area contributed by atoms with Crippen molar-refractivity contribution in [3.63, 3.8) is 0 Å². The molecule has 3 unspecified atom stereocenters. The number of aliphatic carboxylic acids is 1. The summed E-state index contributed by atoms with van der Waals surface area (Å²) in [7, 11) is 0. The van der Waals surface area contributed by atoms with E-state index in [-0.39, 0.29) is 18.0 Å². The van der Waals surface area contributed by atoms with Crippen LogP contribution in [0.3, 0.4) is 0 Å². The number of carboxylic acid groups (broad SMARTS) is 1. The van der Waals surface area contributed by atoms with Crippen LogP contribution in [0.5, 0.6) is 0 Å². The lowest BCUT2D eigenvalue weighted by molar-refractivity contribution is -0.142. The molecule has 2 saturated heterocycles. The van der Waals surface area contributed by atoms with Gasteiger partial charge in [0.05, 0.1) is 16.5 Å². The van der Waals surface area contributed by atoms with Gasteiger partial charge in [0.15, 0.2) is 0 Å². The number of carbonyl (C=O) groups is 2. The normalized spacial score (nSPS) is 27.9. The first-order valence-corrected chi connectivity index (χ1v) is 7.67. The van der Waals surface area contributed by atoms with Gasteiger partial charge in [-0.25, -0.2) is 0 Å². The summed E-state index contributed by atoms with van der Waals surface area (Å²) in [6, 6.07) is 5.06. The van der Waals surface area contributed by atoms with E-state index in [1.807, 2.05) is 0 Å². The van der Waals surface area contributed by atoms with Gasteiger partial charge in [0.2, 0.25) is 0 Å². The van der Waals surface area contributed by atoms with Gasteiger partial charge in [0.25, 0.3) is 5.91 Å². The summed E-state index contributed by atoms with van der Waals surface area (Å²) >= 11 is 9.48. The van der Waals surface area contributed by atoms with Gasteiger partial charge in [-0.3, -0.25) is 9.59 Å². The van der Waals surface area contributed by atoms with Crippen LogP contribution in [0, 0.1) is 5.92 Å². The molecule has 6 heteroatoms. The number of carbonyl (C=O) groups excluding carboxylic acids is 1. The molecule has 2 bridgehead atoms. The van der Waals surface area contributed by atoms with Crippen molar-refractivity contribution in [3.8, 4) is 0 Å². The number of halogens is 2. The second kappa shape index (κ2) is 5.04. The maximum atomic E-state index is 12.7. The molecule has 2 heterocycles. The van der Waals surface area contributed by atoms with Crippen LogP contribution in [0.25, 0.3) is 0 Å². The van der Waals surface area contributed by atoms with Crippen molar-refractivity contribution < 1.29 is 14.7 Å². The zero-order valence-electron chi connectivity index (χ0n) is 10.6. The third kappa shape index (κ3) is 2.04. The molecule has 4 nitrogen and oxygen atoms in total. The van der Waals surface area contributed by atoms with E-state index in [1.165, 1.54) is 0 Å². The third-order valence-electron chi connectivity index (χ3n) is 4.27. The number of carboxylic acids is 1. The first-order chi connectivity index (χ1) is 9.50. The lowest BCUT2D eigenvalue weighted by Gasteiger charge is -2.23. The van der Waals surface area contributed by atoms with Gasteiger partial charge in [0, 0.05) is 16.6 Å². The largest absolute Gasteiger partial charge is 0.481 e. The molecule has 106 valence electrons. The number of rotatable bonds is 2. The maximum Gasteiger partial charge on any atom is 0.308 e. The second-order valence-electron chi connectivity index (χ2n) is 5.29. The summed E-state index contributed by atoms with van der Waals surface area (Å²) < 4.78 is 0.673. The molecule has 0 aromatic heterocycles. The van der Waals surface area contributed by atoms with E-state index in [0.717, 1.165) is 12.8 Å². The van der Waals surface area contributed by atoms with E-state index in [9.17, 15) is 14.7 Å². The van der Waals surface area contributed by atoms with Gasteiger partial charge in [-0.15, -0.1) is 0 Å². The first-order valence-electron chi connectivity index (χ1n) is 6.50. The molecule has 2 aliphatic rings. The predicted molar refractivity (Wildman–Crippen MR) is 77.9 cm³/mol. The van der Waals surface area contributed by atoms with Crippen LogP contribution in [0.1, 0.15) is 29.6 Å². The highest BCUT2D eigenvalue weighted by Gasteiger charge is 2.51. The molecule has 1 amide bonds. The Hall–Kier alpha value is -1.07. The van der Waals surface area contributed by atoms with E-state index >= 15 is 0 Å². The Morgan fingerprint density at radius 3 is 2.75 bits per heavy atom. The van der Waals surface area contributed by atoms with Crippen molar-refractivity contribution in [2.75, 3.05) is 0 Å². The fraction of sp³-hybridized carbons (Fsp3) is 0.429. The Balaban J connectivity index is 1.92. The predicted octanol–water partition coefficient (Wildman–Crippen LogP) is 3.18. The summed E-state index contributed by atoms with van der Waals surface area (Å²) in [5.41, 5.74) is 0.434.